The van der Waals surface area contributed by atoms with Crippen LogP contribution in [0.4, 0.5) is 0 Å². The minimum absolute atomic E-state index is 0.0158. The van der Waals surface area contributed by atoms with E-state index in [9.17, 15) is 0 Å². The quantitative estimate of drug-likeness (QED) is 0.530. The molecule has 0 saturated carbocycles. The summed E-state index contributed by atoms with van der Waals surface area (Å²) in [5.41, 5.74) is 5.80. The van der Waals surface area contributed by atoms with Crippen molar-refractivity contribution in [1.82, 2.24) is 10.3 Å². The lowest BCUT2D eigenvalue weighted by Gasteiger charge is -2.34. The number of nitrogens with one attached hydrogen (secondary N) is 1. The number of aromatic nitrogens is 1. The second kappa shape index (κ2) is 10.0. The summed E-state index contributed by atoms with van der Waals surface area (Å²) in [4.78, 5) is 4.68. The van der Waals surface area contributed by atoms with E-state index in [0.29, 0.717) is 13.2 Å². The number of benzene rings is 2. The minimum Gasteiger partial charge on any atom is -0.493 e. The molecule has 0 aliphatic carbocycles. The van der Waals surface area contributed by atoms with Crippen molar-refractivity contribution < 1.29 is 18.9 Å². The van der Waals surface area contributed by atoms with E-state index in [0.717, 1.165) is 34.9 Å². The van der Waals surface area contributed by atoms with Crippen LogP contribution in [-0.2, 0) is 11.2 Å². The predicted molar refractivity (Wildman–Crippen MR) is 124 cm³/mol. The Labute approximate surface area is 189 Å². The van der Waals surface area contributed by atoms with Crippen molar-refractivity contribution >= 4 is 0 Å². The number of aryl methyl sites for hydroxylation is 1. The third-order valence-electron chi connectivity index (χ3n) is 5.90. The molecule has 0 unspecified atom stereocenters. The first-order valence-corrected chi connectivity index (χ1v) is 10.8. The molecule has 6 heteroatoms. The van der Waals surface area contributed by atoms with E-state index in [2.05, 4.69) is 47.6 Å². The Hall–Kier alpha value is -3.09. The van der Waals surface area contributed by atoms with Crippen LogP contribution in [0, 0.1) is 6.92 Å². The molecule has 6 nitrogen and oxygen atoms in total. The molecule has 168 valence electrons. The maximum absolute atomic E-state index is 5.74. The summed E-state index contributed by atoms with van der Waals surface area (Å²) in [7, 11) is 5.01. The van der Waals surface area contributed by atoms with Gasteiger partial charge in [0.25, 0.3) is 0 Å². The third kappa shape index (κ3) is 4.56. The maximum Gasteiger partial charge on any atom is 0.161 e. The van der Waals surface area contributed by atoms with E-state index in [4.69, 9.17) is 18.9 Å². The summed E-state index contributed by atoms with van der Waals surface area (Å²) in [5.74, 6) is 2.29. The van der Waals surface area contributed by atoms with Gasteiger partial charge in [0.1, 0.15) is 12.4 Å². The fraction of sp³-hybridized carbons (Fsp3) is 0.346. The zero-order valence-corrected chi connectivity index (χ0v) is 19.1. The molecule has 1 aromatic heterocycles. The number of rotatable bonds is 8. The number of fused-ring (bicyclic) bond motifs is 1. The first-order chi connectivity index (χ1) is 15.6. The largest absolute Gasteiger partial charge is 0.493 e. The number of hydrogen-bond donors (Lipinski definition) is 1. The molecule has 1 N–H and O–H groups in total. The summed E-state index contributed by atoms with van der Waals surface area (Å²) in [6.07, 6.45) is 2.68. The summed E-state index contributed by atoms with van der Waals surface area (Å²) in [5, 5.41) is 3.82. The second-order valence-electron chi connectivity index (χ2n) is 7.88. The van der Waals surface area contributed by atoms with Crippen LogP contribution in [0.15, 0.2) is 54.7 Å². The van der Waals surface area contributed by atoms with E-state index in [1.165, 1.54) is 16.7 Å². The van der Waals surface area contributed by atoms with Crippen LogP contribution in [0.25, 0.3) is 0 Å². The van der Waals surface area contributed by atoms with Gasteiger partial charge in [0.15, 0.2) is 11.5 Å². The van der Waals surface area contributed by atoms with Crippen LogP contribution in [0.5, 0.6) is 17.2 Å². The molecular formula is C26H30N2O4. The van der Waals surface area contributed by atoms with Crippen LogP contribution in [-0.4, -0.2) is 39.5 Å². The molecule has 2 aromatic carbocycles. The summed E-state index contributed by atoms with van der Waals surface area (Å²) in [6.45, 7) is 3.19. The van der Waals surface area contributed by atoms with Gasteiger partial charge in [0.2, 0.25) is 0 Å². The average Bonchev–Trinajstić information content (AvgIpc) is 2.83. The van der Waals surface area contributed by atoms with Gasteiger partial charge in [-0.05, 0) is 65.9 Å². The van der Waals surface area contributed by atoms with Crippen molar-refractivity contribution in [3.63, 3.8) is 0 Å². The highest BCUT2D eigenvalue weighted by atomic mass is 16.5. The zero-order chi connectivity index (χ0) is 22.5. The molecule has 0 saturated heterocycles. The fourth-order valence-corrected chi connectivity index (χ4v) is 4.27. The molecular weight excluding hydrogens is 404 g/mol. The van der Waals surface area contributed by atoms with Gasteiger partial charge >= 0.3 is 0 Å². The SMILES string of the molecule is COCCOc1ccc([C@@H]2N[C@H](c3ncccc3C)Cc3cc(OC)c(OC)cc32)cc1. The van der Waals surface area contributed by atoms with Gasteiger partial charge in [-0.2, -0.15) is 0 Å². The summed E-state index contributed by atoms with van der Waals surface area (Å²) >= 11 is 0. The first-order valence-electron chi connectivity index (χ1n) is 10.8. The molecule has 3 aromatic rings. The van der Waals surface area contributed by atoms with E-state index in [-0.39, 0.29) is 12.1 Å². The molecule has 32 heavy (non-hydrogen) atoms. The van der Waals surface area contributed by atoms with Crippen molar-refractivity contribution in [2.45, 2.75) is 25.4 Å². The second-order valence-corrected chi connectivity index (χ2v) is 7.88. The van der Waals surface area contributed by atoms with Crippen molar-refractivity contribution in [2.24, 2.45) is 0 Å². The third-order valence-corrected chi connectivity index (χ3v) is 5.90. The van der Waals surface area contributed by atoms with Gasteiger partial charge in [-0.15, -0.1) is 0 Å². The Morgan fingerprint density at radius 3 is 2.41 bits per heavy atom. The van der Waals surface area contributed by atoms with Crippen molar-refractivity contribution in [1.29, 1.82) is 0 Å². The summed E-state index contributed by atoms with van der Waals surface area (Å²) in [6, 6.07) is 16.5. The van der Waals surface area contributed by atoms with Gasteiger partial charge in [-0.3, -0.25) is 10.3 Å². The number of hydrogen-bond acceptors (Lipinski definition) is 6. The van der Waals surface area contributed by atoms with Crippen LogP contribution < -0.4 is 19.5 Å². The van der Waals surface area contributed by atoms with Gasteiger partial charge in [0, 0.05) is 13.3 Å². The smallest absolute Gasteiger partial charge is 0.161 e. The van der Waals surface area contributed by atoms with Crippen LogP contribution in [0.3, 0.4) is 0 Å². The van der Waals surface area contributed by atoms with Gasteiger partial charge in [-0.25, -0.2) is 0 Å². The van der Waals surface area contributed by atoms with E-state index >= 15 is 0 Å². The molecule has 0 fully saturated rings. The Bertz CT molecular complexity index is 1050. The van der Waals surface area contributed by atoms with Crippen LogP contribution in [0.2, 0.25) is 0 Å². The lowest BCUT2D eigenvalue weighted by molar-refractivity contribution is 0.146. The molecule has 0 spiro atoms. The predicted octanol–water partition coefficient (Wildman–Crippen LogP) is 4.41. The minimum atomic E-state index is -0.0158. The van der Waals surface area contributed by atoms with Crippen molar-refractivity contribution in [2.75, 3.05) is 34.5 Å². The molecule has 0 radical (unpaired) electrons. The van der Waals surface area contributed by atoms with Crippen molar-refractivity contribution in [3.05, 3.63) is 82.7 Å². The molecule has 4 rings (SSSR count). The standard InChI is InChI=1S/C26H30N2O4/c1-17-6-5-11-27-25(17)22-14-19-15-23(30-3)24(31-4)16-21(19)26(28-22)18-7-9-20(10-8-18)32-13-12-29-2/h5-11,15-16,22,26,28H,12-14H2,1-4H3/t22-,26-/m0/s1. The lowest BCUT2D eigenvalue weighted by Crippen LogP contribution is -2.35. The Morgan fingerprint density at radius 1 is 0.969 bits per heavy atom. The monoisotopic (exact) mass is 434 g/mol. The molecule has 1 aliphatic heterocycles. The molecule has 0 bridgehead atoms. The van der Waals surface area contributed by atoms with Gasteiger partial charge < -0.3 is 18.9 Å². The number of pyridine rings is 1. The van der Waals surface area contributed by atoms with Crippen LogP contribution in [0.1, 0.15) is 40.0 Å². The normalized spacial score (nSPS) is 17.5. The highest BCUT2D eigenvalue weighted by molar-refractivity contribution is 5.52. The Morgan fingerprint density at radius 2 is 1.72 bits per heavy atom. The average molecular weight is 435 g/mol. The Balaban J connectivity index is 1.72. The fourth-order valence-electron chi connectivity index (χ4n) is 4.27. The number of nitrogens with zero attached hydrogens (tertiary/aromatic N) is 1. The van der Waals surface area contributed by atoms with E-state index in [1.54, 1.807) is 21.3 Å². The summed E-state index contributed by atoms with van der Waals surface area (Å²) < 4.78 is 22.0. The lowest BCUT2D eigenvalue weighted by atomic mass is 9.84. The highest BCUT2D eigenvalue weighted by Gasteiger charge is 2.31. The number of ether oxygens (including phenoxy) is 4. The highest BCUT2D eigenvalue weighted by Crippen LogP contribution is 2.41. The topological polar surface area (TPSA) is 61.8 Å². The van der Waals surface area contributed by atoms with E-state index in [1.807, 2.05) is 24.4 Å². The number of methoxy groups -OCH3 is 3. The van der Waals surface area contributed by atoms with Crippen molar-refractivity contribution in [3.8, 4) is 17.2 Å². The molecule has 1 aliphatic rings. The molecule has 2 heterocycles. The Kier molecular flexibility index (Phi) is 6.93. The molecule has 2 atom stereocenters. The maximum atomic E-state index is 5.74. The van der Waals surface area contributed by atoms with E-state index < -0.39 is 0 Å². The van der Waals surface area contributed by atoms with Gasteiger partial charge in [0.05, 0.1) is 38.6 Å². The van der Waals surface area contributed by atoms with Crippen LogP contribution >= 0.6 is 0 Å². The zero-order valence-electron chi connectivity index (χ0n) is 19.1. The first kappa shape index (κ1) is 22.1. The molecule has 0 amide bonds. The van der Waals surface area contributed by atoms with Gasteiger partial charge in [-0.1, -0.05) is 18.2 Å².